The van der Waals surface area contributed by atoms with Crippen molar-refractivity contribution in [1.29, 1.82) is 0 Å². The molecule has 0 aliphatic heterocycles. The molecule has 2 aromatic heterocycles. The van der Waals surface area contributed by atoms with Gasteiger partial charge in [0.25, 0.3) is 5.91 Å². The highest BCUT2D eigenvalue weighted by atomic mass is 16.2. The average molecular weight is 337 g/mol. The molecule has 0 radical (unpaired) electrons. The van der Waals surface area contributed by atoms with Crippen LogP contribution in [0.1, 0.15) is 27.9 Å². The van der Waals surface area contributed by atoms with Crippen LogP contribution in [-0.4, -0.2) is 33.5 Å². The average Bonchev–Trinajstić information content (AvgIpc) is 3.03. The van der Waals surface area contributed by atoms with Crippen molar-refractivity contribution in [2.45, 2.75) is 19.8 Å². The number of hydrogen-bond donors (Lipinski definition) is 2. The Kier molecular flexibility index (Phi) is 4.74. The Balaban J connectivity index is 1.82. The lowest BCUT2D eigenvalue weighted by Gasteiger charge is -2.10. The lowest BCUT2D eigenvalue weighted by atomic mass is 10.1. The van der Waals surface area contributed by atoms with Crippen LogP contribution in [0.5, 0.6) is 0 Å². The molecule has 0 spiro atoms. The van der Waals surface area contributed by atoms with Gasteiger partial charge in [-0.15, -0.1) is 0 Å². The molecule has 0 aliphatic carbocycles. The molecule has 0 bridgehead atoms. The fourth-order valence-corrected chi connectivity index (χ4v) is 2.55. The maximum Gasteiger partial charge on any atom is 0.261 e. The number of fused-ring (bicyclic) bond motifs is 1. The highest BCUT2D eigenvalue weighted by Gasteiger charge is 2.15. The molecule has 0 atom stereocenters. The van der Waals surface area contributed by atoms with E-state index in [0.717, 1.165) is 11.1 Å². The van der Waals surface area contributed by atoms with Crippen molar-refractivity contribution in [3.63, 3.8) is 0 Å². The lowest BCUT2D eigenvalue weighted by molar-refractivity contribution is -0.120. The summed E-state index contributed by atoms with van der Waals surface area (Å²) in [6.45, 7) is 1.91. The molecule has 2 amide bonds. The number of nitrogens with zero attached hydrogens (tertiary/aromatic N) is 3. The molecule has 7 nitrogen and oxygen atoms in total. The molecule has 0 fully saturated rings. The minimum absolute atomic E-state index is 0.0386. The highest BCUT2D eigenvalue weighted by molar-refractivity contribution is 6.08. The van der Waals surface area contributed by atoms with Crippen LogP contribution in [0.3, 0.4) is 0 Å². The molecule has 2 heterocycles. The third-order valence-corrected chi connectivity index (χ3v) is 3.90. The van der Waals surface area contributed by atoms with Crippen molar-refractivity contribution in [2.24, 2.45) is 0 Å². The first-order valence-electron chi connectivity index (χ1n) is 7.98. The van der Waals surface area contributed by atoms with Crippen LogP contribution in [0.25, 0.3) is 5.65 Å². The number of anilines is 1. The molecule has 3 rings (SSSR count). The van der Waals surface area contributed by atoms with Crippen LogP contribution < -0.4 is 10.6 Å². The van der Waals surface area contributed by atoms with E-state index < -0.39 is 0 Å². The fourth-order valence-electron chi connectivity index (χ4n) is 2.55. The third kappa shape index (κ3) is 3.65. The van der Waals surface area contributed by atoms with Crippen LogP contribution in [0.2, 0.25) is 0 Å². The number of carbonyl (C=O) groups excluding carboxylic acids is 2. The normalized spacial score (nSPS) is 10.6. The summed E-state index contributed by atoms with van der Waals surface area (Å²) in [7, 11) is 1.61. The van der Waals surface area contributed by atoms with Gasteiger partial charge in [-0.05, 0) is 30.5 Å². The Morgan fingerprint density at radius 3 is 2.80 bits per heavy atom. The summed E-state index contributed by atoms with van der Waals surface area (Å²) < 4.78 is 1.59. The molecule has 0 saturated heterocycles. The van der Waals surface area contributed by atoms with Crippen molar-refractivity contribution in [3.05, 3.63) is 59.5 Å². The van der Waals surface area contributed by atoms with Crippen molar-refractivity contribution in [3.8, 4) is 0 Å². The summed E-state index contributed by atoms with van der Waals surface area (Å²) >= 11 is 0. The van der Waals surface area contributed by atoms with Gasteiger partial charge in [0.15, 0.2) is 5.65 Å². The Morgan fingerprint density at radius 2 is 2.00 bits per heavy atom. The van der Waals surface area contributed by atoms with Gasteiger partial charge in [-0.1, -0.05) is 18.2 Å². The molecule has 0 unspecified atom stereocenters. The summed E-state index contributed by atoms with van der Waals surface area (Å²) in [5, 5.41) is 9.67. The second kappa shape index (κ2) is 7.12. The number of hydrogen-bond acceptors (Lipinski definition) is 4. The molecule has 1 aromatic carbocycles. The van der Waals surface area contributed by atoms with Gasteiger partial charge in [-0.25, -0.2) is 9.50 Å². The molecular formula is C18H19N5O2. The number of nitrogens with one attached hydrogen (secondary N) is 2. The topological polar surface area (TPSA) is 88.4 Å². The van der Waals surface area contributed by atoms with Crippen molar-refractivity contribution in [2.75, 3.05) is 12.4 Å². The van der Waals surface area contributed by atoms with E-state index >= 15 is 0 Å². The van der Waals surface area contributed by atoms with E-state index in [1.165, 1.54) is 6.20 Å². The summed E-state index contributed by atoms with van der Waals surface area (Å²) in [4.78, 5) is 28.4. The Morgan fingerprint density at radius 1 is 1.20 bits per heavy atom. The van der Waals surface area contributed by atoms with Gasteiger partial charge in [-0.2, -0.15) is 5.10 Å². The Hall–Kier alpha value is -3.22. The number of aryl methyl sites for hydroxylation is 2. The Bertz CT molecular complexity index is 932. The zero-order valence-electron chi connectivity index (χ0n) is 14.1. The van der Waals surface area contributed by atoms with Crippen LogP contribution in [0.4, 0.5) is 5.69 Å². The van der Waals surface area contributed by atoms with Gasteiger partial charge in [0.1, 0.15) is 5.56 Å². The standard InChI is InChI=1S/C18H19N5O2/c1-12-9-20-17-14(10-21-23(17)11-12)18(25)22-15-6-4-3-5-13(15)7-8-16(24)19-2/h3-6,9-11H,7-8H2,1-2H3,(H,19,24)(H,22,25). The molecule has 0 saturated carbocycles. The molecular weight excluding hydrogens is 318 g/mol. The van der Waals surface area contributed by atoms with E-state index in [4.69, 9.17) is 0 Å². The number of benzene rings is 1. The second-order valence-corrected chi connectivity index (χ2v) is 5.74. The maximum absolute atomic E-state index is 12.6. The fraction of sp³-hybridized carbons (Fsp3) is 0.222. The first-order chi connectivity index (χ1) is 12.1. The predicted octanol–water partition coefficient (Wildman–Crippen LogP) is 1.97. The first-order valence-corrected chi connectivity index (χ1v) is 7.98. The first kappa shape index (κ1) is 16.6. The summed E-state index contributed by atoms with van der Waals surface area (Å²) in [5.41, 5.74) is 3.46. The van der Waals surface area contributed by atoms with Gasteiger partial charge in [-0.3, -0.25) is 9.59 Å². The van der Waals surface area contributed by atoms with Crippen LogP contribution in [0.15, 0.2) is 42.9 Å². The molecule has 7 heteroatoms. The number of aromatic nitrogens is 3. The second-order valence-electron chi connectivity index (χ2n) is 5.74. The molecule has 128 valence electrons. The SMILES string of the molecule is CNC(=O)CCc1ccccc1NC(=O)c1cnn2cc(C)cnc12. The Labute approximate surface area is 145 Å². The van der Waals surface area contributed by atoms with Crippen LogP contribution >= 0.6 is 0 Å². The quantitative estimate of drug-likeness (QED) is 0.745. The van der Waals surface area contributed by atoms with E-state index in [9.17, 15) is 9.59 Å². The van der Waals surface area contributed by atoms with Crippen LogP contribution in [-0.2, 0) is 11.2 Å². The smallest absolute Gasteiger partial charge is 0.261 e. The van der Waals surface area contributed by atoms with E-state index in [2.05, 4.69) is 20.7 Å². The van der Waals surface area contributed by atoms with Gasteiger partial charge in [0.2, 0.25) is 5.91 Å². The van der Waals surface area contributed by atoms with Crippen LogP contribution in [0, 0.1) is 6.92 Å². The van der Waals surface area contributed by atoms with E-state index in [0.29, 0.717) is 29.7 Å². The molecule has 2 N–H and O–H groups in total. The third-order valence-electron chi connectivity index (χ3n) is 3.90. The molecule has 3 aromatic rings. The number of amides is 2. The molecule has 0 aliphatic rings. The van der Waals surface area contributed by atoms with E-state index in [1.807, 2.05) is 37.4 Å². The predicted molar refractivity (Wildman–Crippen MR) is 94.5 cm³/mol. The van der Waals surface area contributed by atoms with Gasteiger partial charge >= 0.3 is 0 Å². The molecule has 25 heavy (non-hydrogen) atoms. The maximum atomic E-state index is 12.6. The zero-order chi connectivity index (χ0) is 17.8. The monoisotopic (exact) mass is 337 g/mol. The lowest BCUT2D eigenvalue weighted by Crippen LogP contribution is -2.18. The number of carbonyl (C=O) groups is 2. The van der Waals surface area contributed by atoms with E-state index in [1.54, 1.807) is 17.8 Å². The van der Waals surface area contributed by atoms with Crippen molar-refractivity contribution >= 4 is 23.1 Å². The van der Waals surface area contributed by atoms with Gasteiger partial charge in [0.05, 0.1) is 6.20 Å². The zero-order valence-corrected chi connectivity index (χ0v) is 14.1. The van der Waals surface area contributed by atoms with Gasteiger partial charge in [0, 0.05) is 31.5 Å². The summed E-state index contributed by atoms with van der Waals surface area (Å²) in [6.07, 6.45) is 5.93. The highest BCUT2D eigenvalue weighted by Crippen LogP contribution is 2.19. The minimum Gasteiger partial charge on any atom is -0.359 e. The van der Waals surface area contributed by atoms with Crippen molar-refractivity contribution in [1.82, 2.24) is 19.9 Å². The number of para-hydroxylation sites is 1. The van der Waals surface area contributed by atoms with Gasteiger partial charge < -0.3 is 10.6 Å². The van der Waals surface area contributed by atoms with Crippen molar-refractivity contribution < 1.29 is 9.59 Å². The number of rotatable bonds is 5. The summed E-state index contributed by atoms with van der Waals surface area (Å²) in [5.74, 6) is -0.318. The van der Waals surface area contributed by atoms with E-state index in [-0.39, 0.29) is 11.8 Å². The summed E-state index contributed by atoms with van der Waals surface area (Å²) in [6, 6.07) is 7.45. The minimum atomic E-state index is -0.279. The largest absolute Gasteiger partial charge is 0.359 e.